The maximum atomic E-state index is 11.1. The Bertz CT molecular complexity index is 235. The van der Waals surface area contributed by atoms with Crippen LogP contribution in [0.25, 0.3) is 0 Å². The van der Waals surface area contributed by atoms with Crippen LogP contribution in [0, 0.1) is 0 Å². The lowest BCUT2D eigenvalue weighted by Gasteiger charge is -2.11. The number of carbonyl (C=O) groups is 1. The zero-order valence-electron chi connectivity index (χ0n) is 11.6. The van der Waals surface area contributed by atoms with Crippen LogP contribution in [0.3, 0.4) is 0 Å². The van der Waals surface area contributed by atoms with Gasteiger partial charge in [0.15, 0.2) is 5.96 Å². The molecule has 0 aromatic carbocycles. The molecule has 0 atom stereocenters. The zero-order valence-corrected chi connectivity index (χ0v) is 14.0. The summed E-state index contributed by atoms with van der Waals surface area (Å²) in [5, 5.41) is 6.36. The molecule has 0 spiro atoms. The highest BCUT2D eigenvalue weighted by atomic mass is 127. The summed E-state index contributed by atoms with van der Waals surface area (Å²) in [6, 6.07) is 0. The van der Waals surface area contributed by atoms with E-state index in [2.05, 4.69) is 22.5 Å². The largest absolute Gasteiger partial charge is 0.466 e. The molecule has 0 unspecified atom stereocenters. The standard InChI is InChI=1S/C12H25N3O2.HI/c1-4-6-9-14-12(13-3)15-10-7-8-11(16)17-5-2;/h4-10H2,1-3H3,(H2,13,14,15);1H. The quantitative estimate of drug-likeness (QED) is 0.225. The van der Waals surface area contributed by atoms with Crippen LogP contribution in [0.15, 0.2) is 4.99 Å². The fraction of sp³-hybridized carbons (Fsp3) is 0.833. The number of rotatable bonds is 8. The molecule has 0 amide bonds. The average molecular weight is 371 g/mol. The number of ether oxygens (including phenoxy) is 1. The molecule has 0 aliphatic rings. The summed E-state index contributed by atoms with van der Waals surface area (Å²) in [5.74, 6) is 0.658. The second-order valence-electron chi connectivity index (χ2n) is 3.69. The molecule has 0 aliphatic heterocycles. The fourth-order valence-electron chi connectivity index (χ4n) is 1.28. The van der Waals surface area contributed by atoms with Crippen molar-refractivity contribution in [3.05, 3.63) is 0 Å². The second kappa shape index (κ2) is 14.5. The molecule has 2 N–H and O–H groups in total. The van der Waals surface area contributed by atoms with Gasteiger partial charge in [0.1, 0.15) is 0 Å². The van der Waals surface area contributed by atoms with E-state index in [0.717, 1.165) is 38.3 Å². The molecule has 0 radical (unpaired) electrons. The predicted molar refractivity (Wildman–Crippen MR) is 85.6 cm³/mol. The van der Waals surface area contributed by atoms with E-state index in [1.54, 1.807) is 7.05 Å². The maximum absolute atomic E-state index is 11.1. The van der Waals surface area contributed by atoms with Crippen LogP contribution in [-0.2, 0) is 9.53 Å². The normalized spacial score (nSPS) is 10.5. The lowest BCUT2D eigenvalue weighted by Crippen LogP contribution is -2.38. The molecule has 0 heterocycles. The molecular weight excluding hydrogens is 345 g/mol. The maximum Gasteiger partial charge on any atom is 0.305 e. The van der Waals surface area contributed by atoms with Crippen LogP contribution < -0.4 is 10.6 Å². The third-order valence-electron chi connectivity index (χ3n) is 2.20. The van der Waals surface area contributed by atoms with Crippen molar-refractivity contribution in [2.24, 2.45) is 4.99 Å². The summed E-state index contributed by atoms with van der Waals surface area (Å²) in [6.07, 6.45) is 3.50. The molecule has 0 saturated heterocycles. The Balaban J connectivity index is 0. The minimum atomic E-state index is -0.136. The van der Waals surface area contributed by atoms with E-state index in [-0.39, 0.29) is 29.9 Å². The molecule has 5 nitrogen and oxygen atoms in total. The van der Waals surface area contributed by atoms with Crippen LogP contribution in [-0.4, -0.2) is 38.7 Å². The van der Waals surface area contributed by atoms with Gasteiger partial charge < -0.3 is 15.4 Å². The SMILES string of the molecule is CCCCNC(=NC)NCCCC(=O)OCC.I. The van der Waals surface area contributed by atoms with Crippen molar-refractivity contribution in [1.82, 2.24) is 10.6 Å². The average Bonchev–Trinajstić information content (AvgIpc) is 2.32. The monoisotopic (exact) mass is 371 g/mol. The Kier molecular flexibility index (Phi) is 16.0. The number of nitrogens with zero attached hydrogens (tertiary/aromatic N) is 1. The van der Waals surface area contributed by atoms with E-state index in [9.17, 15) is 4.79 Å². The van der Waals surface area contributed by atoms with Gasteiger partial charge in [0.25, 0.3) is 0 Å². The third-order valence-corrected chi connectivity index (χ3v) is 2.20. The van der Waals surface area contributed by atoms with E-state index in [1.165, 1.54) is 0 Å². The molecule has 0 fully saturated rings. The molecular formula is C12H26IN3O2. The summed E-state index contributed by atoms with van der Waals surface area (Å²) >= 11 is 0. The van der Waals surface area contributed by atoms with Gasteiger partial charge in [-0.15, -0.1) is 24.0 Å². The van der Waals surface area contributed by atoms with Crippen molar-refractivity contribution < 1.29 is 9.53 Å². The fourth-order valence-corrected chi connectivity index (χ4v) is 1.28. The van der Waals surface area contributed by atoms with Crippen molar-refractivity contribution in [2.45, 2.75) is 39.5 Å². The lowest BCUT2D eigenvalue weighted by molar-refractivity contribution is -0.143. The highest BCUT2D eigenvalue weighted by molar-refractivity contribution is 14.0. The van der Waals surface area contributed by atoms with Crippen molar-refractivity contribution in [3.8, 4) is 0 Å². The number of guanidine groups is 1. The van der Waals surface area contributed by atoms with E-state index in [4.69, 9.17) is 4.74 Å². The topological polar surface area (TPSA) is 62.7 Å². The van der Waals surface area contributed by atoms with E-state index >= 15 is 0 Å². The smallest absolute Gasteiger partial charge is 0.305 e. The molecule has 108 valence electrons. The number of hydrogen-bond donors (Lipinski definition) is 2. The summed E-state index contributed by atoms with van der Waals surface area (Å²) in [4.78, 5) is 15.2. The van der Waals surface area contributed by atoms with Gasteiger partial charge in [-0.3, -0.25) is 9.79 Å². The number of aliphatic imine (C=N–C) groups is 1. The van der Waals surface area contributed by atoms with E-state index < -0.39 is 0 Å². The van der Waals surface area contributed by atoms with Crippen molar-refractivity contribution in [1.29, 1.82) is 0 Å². The first kappa shape index (κ1) is 19.8. The minimum absolute atomic E-state index is 0. The van der Waals surface area contributed by atoms with Crippen molar-refractivity contribution in [2.75, 3.05) is 26.7 Å². The number of halogens is 1. The molecule has 0 rings (SSSR count). The summed E-state index contributed by atoms with van der Waals surface area (Å²) < 4.78 is 4.84. The third kappa shape index (κ3) is 11.9. The molecule has 18 heavy (non-hydrogen) atoms. The number of unbranched alkanes of at least 4 members (excludes halogenated alkanes) is 1. The summed E-state index contributed by atoms with van der Waals surface area (Å²) in [5.41, 5.74) is 0. The molecule has 0 aromatic heterocycles. The summed E-state index contributed by atoms with van der Waals surface area (Å²) in [7, 11) is 1.74. The van der Waals surface area contributed by atoms with Crippen LogP contribution in [0.2, 0.25) is 0 Å². The predicted octanol–water partition coefficient (Wildman–Crippen LogP) is 1.91. The zero-order chi connectivity index (χ0) is 12.9. The van der Waals surface area contributed by atoms with Gasteiger partial charge >= 0.3 is 5.97 Å². The van der Waals surface area contributed by atoms with Crippen LogP contribution in [0.5, 0.6) is 0 Å². The highest BCUT2D eigenvalue weighted by Crippen LogP contribution is 1.91. The second-order valence-corrected chi connectivity index (χ2v) is 3.69. The minimum Gasteiger partial charge on any atom is -0.466 e. The van der Waals surface area contributed by atoms with Crippen LogP contribution in [0.4, 0.5) is 0 Å². The van der Waals surface area contributed by atoms with Gasteiger partial charge in [0.2, 0.25) is 0 Å². The first-order chi connectivity index (χ1) is 8.24. The van der Waals surface area contributed by atoms with Gasteiger partial charge in [-0.1, -0.05) is 13.3 Å². The highest BCUT2D eigenvalue weighted by Gasteiger charge is 2.01. The number of carbonyl (C=O) groups excluding carboxylic acids is 1. The van der Waals surface area contributed by atoms with Crippen LogP contribution >= 0.6 is 24.0 Å². The Hall–Kier alpha value is -0.530. The van der Waals surface area contributed by atoms with Crippen LogP contribution in [0.1, 0.15) is 39.5 Å². The number of esters is 1. The van der Waals surface area contributed by atoms with Gasteiger partial charge in [-0.05, 0) is 19.8 Å². The van der Waals surface area contributed by atoms with Gasteiger partial charge in [0, 0.05) is 26.6 Å². The van der Waals surface area contributed by atoms with Crippen molar-refractivity contribution >= 4 is 35.9 Å². The van der Waals surface area contributed by atoms with Crippen molar-refractivity contribution in [3.63, 3.8) is 0 Å². The molecule has 0 aromatic rings. The number of hydrogen-bond acceptors (Lipinski definition) is 3. The molecule has 0 aliphatic carbocycles. The van der Waals surface area contributed by atoms with Gasteiger partial charge in [0.05, 0.1) is 6.61 Å². The first-order valence-electron chi connectivity index (χ1n) is 6.34. The summed E-state index contributed by atoms with van der Waals surface area (Å²) in [6.45, 7) is 6.07. The molecule has 6 heteroatoms. The Morgan fingerprint density at radius 2 is 1.78 bits per heavy atom. The molecule has 0 saturated carbocycles. The molecule has 0 bridgehead atoms. The Morgan fingerprint density at radius 3 is 2.28 bits per heavy atom. The van der Waals surface area contributed by atoms with Gasteiger partial charge in [-0.25, -0.2) is 0 Å². The lowest BCUT2D eigenvalue weighted by atomic mass is 10.3. The Morgan fingerprint density at radius 1 is 1.17 bits per heavy atom. The first-order valence-corrected chi connectivity index (χ1v) is 6.34. The van der Waals surface area contributed by atoms with Gasteiger partial charge in [-0.2, -0.15) is 0 Å². The Labute approximate surface area is 127 Å². The van der Waals surface area contributed by atoms with E-state index in [0.29, 0.717) is 13.0 Å². The van der Waals surface area contributed by atoms with E-state index in [1.807, 2.05) is 6.92 Å². The number of nitrogens with one attached hydrogen (secondary N) is 2.